The first kappa shape index (κ1) is 12.4. The van der Waals surface area contributed by atoms with E-state index < -0.39 is 11.6 Å². The molecule has 0 saturated carbocycles. The third kappa shape index (κ3) is 2.01. The van der Waals surface area contributed by atoms with Gasteiger partial charge < -0.3 is 9.64 Å². The van der Waals surface area contributed by atoms with Crippen LogP contribution in [0.3, 0.4) is 0 Å². The lowest BCUT2D eigenvalue weighted by molar-refractivity contribution is 0.359. The van der Waals surface area contributed by atoms with Crippen LogP contribution in [0.1, 0.15) is 5.56 Å². The maximum absolute atomic E-state index is 13.6. The summed E-state index contributed by atoms with van der Waals surface area (Å²) in [6.45, 7) is 3.84. The zero-order valence-electron chi connectivity index (χ0n) is 10.2. The highest BCUT2D eigenvalue weighted by molar-refractivity contribution is 5.70. The number of ether oxygens (including phenoxy) is 1. The summed E-state index contributed by atoms with van der Waals surface area (Å²) in [7, 11) is 3.02. The molecular formula is C14H13F2NO. The molecule has 2 rings (SSSR count). The molecule has 94 valence electrons. The van der Waals surface area contributed by atoms with Crippen molar-refractivity contribution in [2.45, 2.75) is 0 Å². The summed E-state index contributed by atoms with van der Waals surface area (Å²) >= 11 is 0. The van der Waals surface area contributed by atoms with Gasteiger partial charge in [0.05, 0.1) is 7.11 Å². The van der Waals surface area contributed by atoms with Gasteiger partial charge in [-0.3, -0.25) is 0 Å². The smallest absolute Gasteiger partial charge is 0.190 e. The van der Waals surface area contributed by atoms with E-state index in [1.807, 2.05) is 6.08 Å². The van der Waals surface area contributed by atoms with E-state index in [1.54, 1.807) is 24.1 Å². The van der Waals surface area contributed by atoms with E-state index in [4.69, 9.17) is 0 Å². The summed E-state index contributed by atoms with van der Waals surface area (Å²) in [4.78, 5) is 1.76. The summed E-state index contributed by atoms with van der Waals surface area (Å²) in [5.74, 6) is -1.81. The Labute approximate surface area is 104 Å². The lowest BCUT2D eigenvalue weighted by Gasteiger charge is -2.25. The van der Waals surface area contributed by atoms with Crippen molar-refractivity contribution in [2.24, 2.45) is 0 Å². The largest absolute Gasteiger partial charge is 0.491 e. The van der Waals surface area contributed by atoms with Crippen LogP contribution in [-0.4, -0.2) is 19.1 Å². The minimum absolute atomic E-state index is 0.368. The van der Waals surface area contributed by atoms with Crippen molar-refractivity contribution in [1.29, 1.82) is 0 Å². The van der Waals surface area contributed by atoms with Crippen LogP contribution in [0.2, 0.25) is 0 Å². The van der Waals surface area contributed by atoms with Crippen LogP contribution < -0.4 is 4.74 Å². The minimum atomic E-state index is -0.720. The van der Waals surface area contributed by atoms with E-state index in [-0.39, 0.29) is 5.75 Å². The molecule has 2 nitrogen and oxygen atoms in total. The monoisotopic (exact) mass is 249 g/mol. The number of hydrogen-bond acceptors (Lipinski definition) is 2. The molecule has 0 amide bonds. The average Bonchev–Trinajstić information content (AvgIpc) is 2.32. The van der Waals surface area contributed by atoms with Gasteiger partial charge in [0.1, 0.15) is 0 Å². The van der Waals surface area contributed by atoms with Crippen molar-refractivity contribution in [3.8, 4) is 5.75 Å². The molecule has 0 radical (unpaired) electrons. The van der Waals surface area contributed by atoms with Crippen LogP contribution in [0, 0.1) is 11.6 Å². The van der Waals surface area contributed by atoms with Crippen molar-refractivity contribution >= 4 is 5.70 Å². The Morgan fingerprint density at radius 2 is 1.83 bits per heavy atom. The van der Waals surface area contributed by atoms with Gasteiger partial charge in [-0.25, -0.2) is 8.78 Å². The first-order chi connectivity index (χ1) is 8.54. The Kier molecular flexibility index (Phi) is 3.19. The summed E-state index contributed by atoms with van der Waals surface area (Å²) in [6, 6.07) is 2.49. The van der Waals surface area contributed by atoms with Crippen molar-refractivity contribution in [3.05, 3.63) is 59.8 Å². The number of nitrogens with zero attached hydrogens (tertiary/aromatic N) is 1. The first-order valence-electron chi connectivity index (χ1n) is 5.39. The highest BCUT2D eigenvalue weighted by Gasteiger charge is 2.17. The summed E-state index contributed by atoms with van der Waals surface area (Å²) in [5, 5.41) is 0. The maximum atomic E-state index is 13.6. The SMILES string of the molecule is C=C1C=CC=C(c2cc(F)c(OC)c(F)c2)N1C. The number of benzene rings is 1. The fourth-order valence-electron chi connectivity index (χ4n) is 1.82. The van der Waals surface area contributed by atoms with Gasteiger partial charge in [0.25, 0.3) is 0 Å². The quantitative estimate of drug-likeness (QED) is 0.797. The van der Waals surface area contributed by atoms with Gasteiger partial charge in [0.15, 0.2) is 17.4 Å². The number of rotatable bonds is 2. The third-order valence-corrected chi connectivity index (χ3v) is 2.83. The van der Waals surface area contributed by atoms with Crippen LogP contribution in [0.4, 0.5) is 8.78 Å². The van der Waals surface area contributed by atoms with Gasteiger partial charge >= 0.3 is 0 Å². The van der Waals surface area contributed by atoms with Crippen LogP contribution in [0.15, 0.2) is 42.6 Å². The molecule has 1 aromatic carbocycles. The highest BCUT2D eigenvalue weighted by Crippen LogP contribution is 2.30. The predicted octanol–water partition coefficient (Wildman–Crippen LogP) is 3.33. The molecule has 0 spiro atoms. The molecular weight excluding hydrogens is 236 g/mol. The lowest BCUT2D eigenvalue weighted by Crippen LogP contribution is -2.16. The average molecular weight is 249 g/mol. The molecule has 18 heavy (non-hydrogen) atoms. The molecule has 0 bridgehead atoms. The zero-order chi connectivity index (χ0) is 13.3. The normalized spacial score (nSPS) is 14.8. The minimum Gasteiger partial charge on any atom is -0.491 e. The number of hydrogen-bond donors (Lipinski definition) is 0. The van der Waals surface area contributed by atoms with Gasteiger partial charge in [-0.1, -0.05) is 12.7 Å². The van der Waals surface area contributed by atoms with Crippen LogP contribution >= 0.6 is 0 Å². The van der Waals surface area contributed by atoms with E-state index in [2.05, 4.69) is 11.3 Å². The second-order valence-electron chi connectivity index (χ2n) is 3.93. The van der Waals surface area contributed by atoms with Crippen molar-refractivity contribution in [2.75, 3.05) is 14.2 Å². The molecule has 1 heterocycles. The Hall–Kier alpha value is -2.10. The maximum Gasteiger partial charge on any atom is 0.190 e. The van der Waals surface area contributed by atoms with E-state index in [0.717, 1.165) is 5.70 Å². The van der Waals surface area contributed by atoms with E-state index in [1.165, 1.54) is 19.2 Å². The molecule has 1 aliphatic heterocycles. The molecule has 0 saturated heterocycles. The van der Waals surface area contributed by atoms with Gasteiger partial charge in [-0.2, -0.15) is 0 Å². The standard InChI is InChI=1S/C14H13F2NO/c1-9-5-4-6-13(17(9)2)10-7-11(15)14(18-3)12(16)8-10/h4-8H,1H2,2-3H3. The molecule has 1 aromatic rings. The Morgan fingerprint density at radius 3 is 2.39 bits per heavy atom. The molecule has 0 aromatic heterocycles. The molecule has 0 unspecified atom stereocenters. The van der Waals surface area contributed by atoms with Crippen molar-refractivity contribution in [3.63, 3.8) is 0 Å². The van der Waals surface area contributed by atoms with E-state index in [0.29, 0.717) is 11.3 Å². The van der Waals surface area contributed by atoms with Crippen LogP contribution in [0.25, 0.3) is 5.70 Å². The number of allylic oxidation sites excluding steroid dienone is 3. The van der Waals surface area contributed by atoms with Crippen LogP contribution in [-0.2, 0) is 0 Å². The topological polar surface area (TPSA) is 12.5 Å². The predicted molar refractivity (Wildman–Crippen MR) is 66.9 cm³/mol. The Balaban J connectivity index is 2.50. The number of halogens is 2. The van der Waals surface area contributed by atoms with Gasteiger partial charge in [-0.05, 0) is 24.3 Å². The molecule has 1 aliphatic rings. The Morgan fingerprint density at radius 1 is 1.22 bits per heavy atom. The lowest BCUT2D eigenvalue weighted by atomic mass is 10.1. The third-order valence-electron chi connectivity index (χ3n) is 2.83. The zero-order valence-corrected chi connectivity index (χ0v) is 10.2. The van der Waals surface area contributed by atoms with E-state index >= 15 is 0 Å². The highest BCUT2D eigenvalue weighted by atomic mass is 19.1. The van der Waals surface area contributed by atoms with Crippen molar-refractivity contribution < 1.29 is 13.5 Å². The number of likely N-dealkylation sites (N-methyl/N-ethyl adjacent to an activating group) is 1. The van der Waals surface area contributed by atoms with E-state index in [9.17, 15) is 8.78 Å². The fraction of sp³-hybridized carbons (Fsp3) is 0.143. The summed E-state index contributed by atoms with van der Waals surface area (Å²) < 4.78 is 31.9. The van der Waals surface area contributed by atoms with Gasteiger partial charge in [0.2, 0.25) is 0 Å². The molecule has 0 atom stereocenters. The Bertz CT molecular complexity index is 538. The second kappa shape index (κ2) is 4.64. The molecule has 0 fully saturated rings. The first-order valence-corrected chi connectivity index (χ1v) is 5.39. The number of methoxy groups -OCH3 is 1. The summed E-state index contributed by atoms with van der Waals surface area (Å²) in [5.41, 5.74) is 1.88. The van der Waals surface area contributed by atoms with Gasteiger partial charge in [0, 0.05) is 24.0 Å². The van der Waals surface area contributed by atoms with Gasteiger partial charge in [-0.15, -0.1) is 0 Å². The molecule has 0 aliphatic carbocycles. The van der Waals surface area contributed by atoms with Crippen LogP contribution in [0.5, 0.6) is 5.75 Å². The van der Waals surface area contributed by atoms with Crippen molar-refractivity contribution in [1.82, 2.24) is 4.90 Å². The molecule has 4 heteroatoms. The summed E-state index contributed by atoms with van der Waals surface area (Å²) in [6.07, 6.45) is 5.38. The molecule has 0 N–H and O–H groups in total. The fourth-order valence-corrected chi connectivity index (χ4v) is 1.82. The second-order valence-corrected chi connectivity index (χ2v) is 3.93.